The van der Waals surface area contributed by atoms with Crippen molar-refractivity contribution < 1.29 is 4.79 Å². The predicted octanol–water partition coefficient (Wildman–Crippen LogP) is 4.13. The molecule has 0 saturated carbocycles. The first-order chi connectivity index (χ1) is 6.52. The van der Waals surface area contributed by atoms with E-state index in [1.807, 2.05) is 24.3 Å². The highest BCUT2D eigenvalue weighted by atomic mass is 79.9. The molecule has 0 aromatic heterocycles. The van der Waals surface area contributed by atoms with E-state index in [0.717, 1.165) is 5.56 Å². The zero-order chi connectivity index (χ0) is 10.7. The number of rotatable bonds is 3. The number of carbonyl (C=O) groups excluding carboxylic acids is 1. The molecule has 0 aliphatic rings. The van der Waals surface area contributed by atoms with Gasteiger partial charge in [0.2, 0.25) is 0 Å². The third-order valence-electron chi connectivity index (χ3n) is 1.83. The Labute approximate surface area is 105 Å². The van der Waals surface area contributed by atoms with Crippen molar-refractivity contribution in [3.63, 3.8) is 0 Å². The van der Waals surface area contributed by atoms with Crippen molar-refractivity contribution in [2.75, 3.05) is 0 Å². The lowest BCUT2D eigenvalue weighted by atomic mass is 10.1. The Morgan fingerprint density at radius 2 is 1.79 bits per heavy atom. The summed E-state index contributed by atoms with van der Waals surface area (Å²) in [6.45, 7) is 1.56. The molecule has 1 aromatic carbocycles. The number of alkyl halides is 2. The third-order valence-corrected chi connectivity index (χ3v) is 5.03. The fraction of sp³-hybridized carbons (Fsp3) is 0.300. The van der Waals surface area contributed by atoms with E-state index >= 15 is 0 Å². The second kappa shape index (κ2) is 5.29. The normalized spacial score (nSPS) is 14.9. The lowest BCUT2D eigenvalue weighted by Gasteiger charge is -2.14. The first-order valence-electron chi connectivity index (χ1n) is 4.06. The number of hydrogen-bond acceptors (Lipinski definition) is 1. The Bertz CT molecular complexity index is 323. The Balaban J connectivity index is 2.84. The molecule has 0 amide bonds. The Hall–Kier alpha value is 0.140. The van der Waals surface area contributed by atoms with E-state index in [1.54, 1.807) is 6.92 Å². The van der Waals surface area contributed by atoms with Gasteiger partial charge < -0.3 is 0 Å². The summed E-state index contributed by atoms with van der Waals surface area (Å²) in [7, 11) is 0. The largest absolute Gasteiger partial charge is 0.299 e. The molecule has 0 spiro atoms. The van der Waals surface area contributed by atoms with Crippen LogP contribution in [0.2, 0.25) is 5.02 Å². The Morgan fingerprint density at radius 3 is 2.21 bits per heavy atom. The molecule has 0 heterocycles. The summed E-state index contributed by atoms with van der Waals surface area (Å²) in [6.07, 6.45) is 0. The molecule has 1 aromatic rings. The van der Waals surface area contributed by atoms with Crippen molar-refractivity contribution in [2.45, 2.75) is 16.6 Å². The maximum absolute atomic E-state index is 11.1. The molecule has 0 aliphatic carbocycles. The van der Waals surface area contributed by atoms with Crippen molar-refractivity contribution in [3.8, 4) is 0 Å². The zero-order valence-electron chi connectivity index (χ0n) is 7.51. The highest BCUT2D eigenvalue weighted by molar-refractivity contribution is 9.12. The first kappa shape index (κ1) is 12.2. The molecule has 0 bridgehead atoms. The number of Topliss-reactive ketones (excluding diaryl/α,β-unsaturated/α-hetero) is 1. The summed E-state index contributed by atoms with van der Waals surface area (Å²) in [6, 6.07) is 7.42. The minimum atomic E-state index is -0.205. The van der Waals surface area contributed by atoms with Crippen LogP contribution in [-0.4, -0.2) is 10.6 Å². The number of ketones is 1. The number of benzene rings is 1. The highest BCUT2D eigenvalue weighted by Crippen LogP contribution is 2.32. The molecule has 14 heavy (non-hydrogen) atoms. The molecule has 0 N–H and O–H groups in total. The van der Waals surface area contributed by atoms with Crippen molar-refractivity contribution in [2.24, 2.45) is 0 Å². The van der Waals surface area contributed by atoms with Gasteiger partial charge in [-0.25, -0.2) is 0 Å². The van der Waals surface area contributed by atoms with E-state index in [1.165, 1.54) is 0 Å². The summed E-state index contributed by atoms with van der Waals surface area (Å²) in [5.74, 6) is 0.0989. The van der Waals surface area contributed by atoms with Gasteiger partial charge in [-0.1, -0.05) is 55.6 Å². The first-order valence-corrected chi connectivity index (χ1v) is 6.27. The highest BCUT2D eigenvalue weighted by Gasteiger charge is 2.21. The van der Waals surface area contributed by atoms with Crippen LogP contribution in [0, 0.1) is 0 Å². The van der Waals surface area contributed by atoms with Crippen LogP contribution in [0.25, 0.3) is 0 Å². The van der Waals surface area contributed by atoms with Gasteiger partial charge in [-0.05, 0) is 24.6 Å². The van der Waals surface area contributed by atoms with Gasteiger partial charge in [0.05, 0.1) is 9.65 Å². The Morgan fingerprint density at radius 1 is 1.29 bits per heavy atom. The minimum absolute atomic E-state index is 0.0164. The van der Waals surface area contributed by atoms with Crippen molar-refractivity contribution in [3.05, 3.63) is 34.9 Å². The van der Waals surface area contributed by atoms with E-state index in [2.05, 4.69) is 31.9 Å². The summed E-state index contributed by atoms with van der Waals surface area (Å²) in [5, 5.41) is 0.697. The van der Waals surface area contributed by atoms with Crippen molar-refractivity contribution >= 4 is 49.2 Å². The number of hydrogen-bond donors (Lipinski definition) is 0. The SMILES string of the molecule is CC(=O)[C@@H](Br)[C@H](Br)c1ccc(Cl)cc1. The van der Waals surface area contributed by atoms with E-state index in [0.29, 0.717) is 5.02 Å². The monoisotopic (exact) mass is 338 g/mol. The van der Waals surface area contributed by atoms with Crippen LogP contribution in [0.5, 0.6) is 0 Å². The van der Waals surface area contributed by atoms with E-state index in [-0.39, 0.29) is 15.4 Å². The van der Waals surface area contributed by atoms with Crippen molar-refractivity contribution in [1.82, 2.24) is 0 Å². The lowest BCUT2D eigenvalue weighted by Crippen LogP contribution is -2.15. The van der Waals surface area contributed by atoms with Crippen LogP contribution < -0.4 is 0 Å². The predicted molar refractivity (Wildman–Crippen MR) is 66.5 cm³/mol. The lowest BCUT2D eigenvalue weighted by molar-refractivity contribution is -0.116. The van der Waals surface area contributed by atoms with Gasteiger partial charge in [-0.15, -0.1) is 0 Å². The summed E-state index contributed by atoms with van der Waals surface area (Å²) >= 11 is 12.6. The molecule has 1 nitrogen and oxygen atoms in total. The maximum atomic E-state index is 11.1. The fourth-order valence-electron chi connectivity index (χ4n) is 1.02. The molecule has 0 fully saturated rings. The van der Waals surface area contributed by atoms with E-state index in [9.17, 15) is 4.79 Å². The molecule has 4 heteroatoms. The summed E-state index contributed by atoms with van der Waals surface area (Å²) in [4.78, 5) is 10.9. The quantitative estimate of drug-likeness (QED) is 0.756. The Kier molecular flexibility index (Phi) is 4.61. The molecule has 0 aliphatic heterocycles. The molecule has 76 valence electrons. The van der Waals surface area contributed by atoms with Crippen LogP contribution >= 0.6 is 43.5 Å². The van der Waals surface area contributed by atoms with Crippen LogP contribution in [-0.2, 0) is 4.79 Å². The van der Waals surface area contributed by atoms with Gasteiger partial charge in [-0.2, -0.15) is 0 Å². The molecule has 0 saturated heterocycles. The fourth-order valence-corrected chi connectivity index (χ4v) is 2.13. The van der Waals surface area contributed by atoms with Gasteiger partial charge in [0.15, 0.2) is 0 Å². The molecular weight excluding hydrogens is 331 g/mol. The molecule has 0 unspecified atom stereocenters. The van der Waals surface area contributed by atoms with Gasteiger partial charge in [-0.3, -0.25) is 4.79 Å². The van der Waals surface area contributed by atoms with Crippen LogP contribution in [0.15, 0.2) is 24.3 Å². The second-order valence-electron chi connectivity index (χ2n) is 2.97. The third kappa shape index (κ3) is 3.07. The zero-order valence-corrected chi connectivity index (χ0v) is 11.4. The average Bonchev–Trinajstić information content (AvgIpc) is 2.16. The average molecular weight is 340 g/mol. The maximum Gasteiger partial charge on any atom is 0.144 e. The van der Waals surface area contributed by atoms with Crippen molar-refractivity contribution in [1.29, 1.82) is 0 Å². The molecule has 1 rings (SSSR count). The van der Waals surface area contributed by atoms with Crippen LogP contribution in [0.1, 0.15) is 17.3 Å². The smallest absolute Gasteiger partial charge is 0.144 e. The minimum Gasteiger partial charge on any atom is -0.299 e. The van der Waals surface area contributed by atoms with Gasteiger partial charge in [0.25, 0.3) is 0 Å². The van der Waals surface area contributed by atoms with Gasteiger partial charge >= 0.3 is 0 Å². The topological polar surface area (TPSA) is 17.1 Å². The molecular formula is C10H9Br2ClO. The van der Waals surface area contributed by atoms with Crippen LogP contribution in [0.4, 0.5) is 0 Å². The van der Waals surface area contributed by atoms with Crippen LogP contribution in [0.3, 0.4) is 0 Å². The van der Waals surface area contributed by atoms with E-state index < -0.39 is 0 Å². The summed E-state index contributed by atoms with van der Waals surface area (Å²) < 4.78 is 0. The summed E-state index contributed by atoms with van der Waals surface area (Å²) in [5.41, 5.74) is 1.03. The standard InChI is InChI=1S/C10H9Br2ClO/c1-6(14)9(11)10(12)7-2-4-8(13)5-3-7/h2-5,9-10H,1H3/t9-,10-/m1/s1. The molecule has 2 atom stereocenters. The molecule has 0 radical (unpaired) electrons. The number of carbonyl (C=O) groups is 1. The van der Waals surface area contributed by atoms with Gasteiger partial charge in [0.1, 0.15) is 5.78 Å². The second-order valence-corrected chi connectivity index (χ2v) is 5.38. The van der Waals surface area contributed by atoms with Gasteiger partial charge in [0, 0.05) is 5.02 Å². The number of halogens is 3. The van der Waals surface area contributed by atoms with E-state index in [4.69, 9.17) is 11.6 Å².